The molecule has 0 aliphatic carbocycles. The van der Waals surface area contributed by atoms with Crippen LogP contribution in [0.1, 0.15) is 26.3 Å². The Balaban J connectivity index is 1.53. The summed E-state index contributed by atoms with van der Waals surface area (Å²) in [7, 11) is 0. The SMILES string of the molecule is O=C(NNC(=O)C(Cc1c[nH]c2ccccc12)NC(=O)c1ccccc1Cl)c1cccnc1. The molecule has 0 saturated heterocycles. The summed E-state index contributed by atoms with van der Waals surface area (Å²) in [4.78, 5) is 45.2. The van der Waals surface area contributed by atoms with Gasteiger partial charge >= 0.3 is 0 Å². The van der Waals surface area contributed by atoms with Gasteiger partial charge in [0.05, 0.1) is 16.1 Å². The number of amides is 3. The van der Waals surface area contributed by atoms with Crippen molar-refractivity contribution >= 4 is 40.2 Å². The Bertz CT molecular complexity index is 1310. The molecule has 0 fully saturated rings. The van der Waals surface area contributed by atoms with Crippen LogP contribution in [-0.4, -0.2) is 33.7 Å². The maximum Gasteiger partial charge on any atom is 0.271 e. The molecule has 0 bridgehead atoms. The van der Waals surface area contributed by atoms with Crippen molar-refractivity contribution in [1.29, 1.82) is 0 Å². The van der Waals surface area contributed by atoms with E-state index in [4.69, 9.17) is 11.6 Å². The molecule has 1 atom stereocenters. The molecule has 4 rings (SSSR count). The zero-order valence-corrected chi connectivity index (χ0v) is 18.1. The number of aromatic nitrogens is 2. The fourth-order valence-electron chi connectivity index (χ4n) is 3.39. The highest BCUT2D eigenvalue weighted by Crippen LogP contribution is 2.20. The maximum atomic E-state index is 13.0. The molecular weight excluding hydrogens is 442 g/mol. The Hall–Kier alpha value is -4.17. The first-order chi connectivity index (χ1) is 16.0. The lowest BCUT2D eigenvalue weighted by atomic mass is 10.0. The summed E-state index contributed by atoms with van der Waals surface area (Å²) >= 11 is 6.14. The van der Waals surface area contributed by atoms with Crippen LogP contribution >= 0.6 is 11.6 Å². The molecule has 3 amide bonds. The zero-order valence-electron chi connectivity index (χ0n) is 17.3. The molecule has 0 aliphatic rings. The van der Waals surface area contributed by atoms with Gasteiger partial charge in [-0.05, 0) is 35.9 Å². The van der Waals surface area contributed by atoms with Crippen LogP contribution < -0.4 is 16.2 Å². The van der Waals surface area contributed by atoms with Gasteiger partial charge in [0.1, 0.15) is 6.04 Å². The van der Waals surface area contributed by atoms with Crippen molar-refractivity contribution in [2.24, 2.45) is 0 Å². The van der Waals surface area contributed by atoms with Gasteiger partial charge in [-0.25, -0.2) is 0 Å². The lowest BCUT2D eigenvalue weighted by Gasteiger charge is -2.19. The Labute approximate surface area is 194 Å². The largest absolute Gasteiger partial charge is 0.361 e. The number of aromatic amines is 1. The van der Waals surface area contributed by atoms with E-state index in [1.54, 1.807) is 42.6 Å². The van der Waals surface area contributed by atoms with Crippen LogP contribution in [0.5, 0.6) is 0 Å². The number of hydrogen-bond acceptors (Lipinski definition) is 4. The van der Waals surface area contributed by atoms with Crippen LogP contribution in [0, 0.1) is 0 Å². The minimum absolute atomic E-state index is 0.189. The Kier molecular flexibility index (Phi) is 6.66. The van der Waals surface area contributed by atoms with Gasteiger partial charge in [-0.2, -0.15) is 0 Å². The third-order valence-electron chi connectivity index (χ3n) is 5.06. The molecule has 2 aromatic heterocycles. The van der Waals surface area contributed by atoms with Crippen molar-refractivity contribution in [3.63, 3.8) is 0 Å². The second-order valence-corrected chi connectivity index (χ2v) is 7.66. The molecule has 0 saturated carbocycles. The van der Waals surface area contributed by atoms with Crippen LogP contribution in [0.15, 0.2) is 79.3 Å². The third-order valence-corrected chi connectivity index (χ3v) is 5.39. The normalized spacial score (nSPS) is 11.5. The molecule has 9 heteroatoms. The van der Waals surface area contributed by atoms with Crippen molar-refractivity contribution in [3.05, 3.63) is 101 Å². The van der Waals surface area contributed by atoms with Gasteiger partial charge in [-0.1, -0.05) is 41.9 Å². The van der Waals surface area contributed by atoms with E-state index in [1.807, 2.05) is 24.3 Å². The van der Waals surface area contributed by atoms with Gasteiger partial charge in [0.2, 0.25) is 0 Å². The number of carbonyl (C=O) groups is 3. The second kappa shape index (κ2) is 9.97. The summed E-state index contributed by atoms with van der Waals surface area (Å²) in [5.74, 6) is -1.61. The first-order valence-corrected chi connectivity index (χ1v) is 10.5. The summed E-state index contributed by atoms with van der Waals surface area (Å²) in [5, 5.41) is 3.93. The number of benzene rings is 2. The first-order valence-electron chi connectivity index (χ1n) is 10.1. The molecule has 166 valence electrons. The van der Waals surface area contributed by atoms with Crippen molar-refractivity contribution < 1.29 is 14.4 Å². The van der Waals surface area contributed by atoms with Crippen LogP contribution in [0.3, 0.4) is 0 Å². The van der Waals surface area contributed by atoms with Crippen LogP contribution in [0.25, 0.3) is 10.9 Å². The summed E-state index contributed by atoms with van der Waals surface area (Å²) in [6.07, 6.45) is 4.90. The molecular formula is C24H20ClN5O3. The molecule has 2 aromatic carbocycles. The fraction of sp³-hybridized carbons (Fsp3) is 0.0833. The predicted molar refractivity (Wildman–Crippen MR) is 125 cm³/mol. The predicted octanol–water partition coefficient (Wildman–Crippen LogP) is 3.02. The molecule has 0 radical (unpaired) electrons. The first kappa shape index (κ1) is 22.0. The van der Waals surface area contributed by atoms with Crippen molar-refractivity contribution in [1.82, 2.24) is 26.1 Å². The molecule has 0 aliphatic heterocycles. The van der Waals surface area contributed by atoms with E-state index in [0.717, 1.165) is 16.5 Å². The van der Waals surface area contributed by atoms with Crippen LogP contribution in [0.2, 0.25) is 5.02 Å². The number of H-pyrrole nitrogens is 1. The zero-order chi connectivity index (χ0) is 23.2. The number of hydrazine groups is 1. The molecule has 4 aromatic rings. The van der Waals surface area contributed by atoms with E-state index in [1.165, 1.54) is 12.4 Å². The minimum atomic E-state index is -0.984. The van der Waals surface area contributed by atoms with Crippen LogP contribution in [-0.2, 0) is 11.2 Å². The number of hydrogen-bond donors (Lipinski definition) is 4. The highest BCUT2D eigenvalue weighted by molar-refractivity contribution is 6.33. The summed E-state index contributed by atoms with van der Waals surface area (Å²) in [5.41, 5.74) is 7.02. The lowest BCUT2D eigenvalue weighted by Crippen LogP contribution is -2.53. The molecule has 2 heterocycles. The maximum absolute atomic E-state index is 13.0. The molecule has 1 unspecified atom stereocenters. The van der Waals surface area contributed by atoms with Crippen molar-refractivity contribution in [3.8, 4) is 0 Å². The van der Waals surface area contributed by atoms with E-state index in [9.17, 15) is 14.4 Å². The van der Waals surface area contributed by atoms with E-state index in [0.29, 0.717) is 0 Å². The van der Waals surface area contributed by atoms with Gasteiger partial charge in [0, 0.05) is 35.9 Å². The highest BCUT2D eigenvalue weighted by Gasteiger charge is 2.24. The number of rotatable bonds is 6. The smallest absolute Gasteiger partial charge is 0.271 e. The Morgan fingerprint density at radius 2 is 1.73 bits per heavy atom. The minimum Gasteiger partial charge on any atom is -0.361 e. The number of para-hydroxylation sites is 1. The van der Waals surface area contributed by atoms with Gasteiger partial charge in [0.15, 0.2) is 0 Å². The standard InChI is InChI=1S/C24H20ClN5O3/c25-19-9-3-1-8-18(19)23(32)28-21(12-16-14-27-20-10-4-2-7-17(16)20)24(33)30-29-22(31)15-6-5-11-26-13-15/h1-11,13-14,21,27H,12H2,(H,28,32)(H,29,31)(H,30,33). The van der Waals surface area contributed by atoms with Gasteiger partial charge in [-0.3, -0.25) is 30.2 Å². The number of nitrogens with zero attached hydrogens (tertiary/aromatic N) is 1. The number of carbonyl (C=O) groups excluding carboxylic acids is 3. The highest BCUT2D eigenvalue weighted by atomic mass is 35.5. The van der Waals surface area contributed by atoms with Crippen LogP contribution in [0.4, 0.5) is 0 Å². The van der Waals surface area contributed by atoms with Crippen molar-refractivity contribution in [2.75, 3.05) is 0 Å². The third kappa shape index (κ3) is 5.19. The van der Waals surface area contributed by atoms with Gasteiger partial charge < -0.3 is 10.3 Å². The Morgan fingerprint density at radius 1 is 0.939 bits per heavy atom. The number of fused-ring (bicyclic) bond motifs is 1. The number of nitrogens with one attached hydrogen (secondary N) is 4. The average Bonchev–Trinajstić information content (AvgIpc) is 3.25. The number of halogens is 1. The number of pyridine rings is 1. The van der Waals surface area contributed by atoms with Crippen molar-refractivity contribution in [2.45, 2.75) is 12.5 Å². The second-order valence-electron chi connectivity index (χ2n) is 7.25. The van der Waals surface area contributed by atoms with E-state index < -0.39 is 23.8 Å². The summed E-state index contributed by atoms with van der Waals surface area (Å²) < 4.78 is 0. The van der Waals surface area contributed by atoms with E-state index in [-0.39, 0.29) is 22.6 Å². The molecule has 0 spiro atoms. The molecule has 33 heavy (non-hydrogen) atoms. The fourth-order valence-corrected chi connectivity index (χ4v) is 3.61. The average molecular weight is 462 g/mol. The topological polar surface area (TPSA) is 116 Å². The summed E-state index contributed by atoms with van der Waals surface area (Å²) in [6.45, 7) is 0. The van der Waals surface area contributed by atoms with E-state index >= 15 is 0 Å². The van der Waals surface area contributed by atoms with E-state index in [2.05, 4.69) is 26.1 Å². The lowest BCUT2D eigenvalue weighted by molar-refractivity contribution is -0.123. The summed E-state index contributed by atoms with van der Waals surface area (Å²) in [6, 6.07) is 16.4. The molecule has 4 N–H and O–H groups in total. The van der Waals surface area contributed by atoms with Gasteiger partial charge in [0.25, 0.3) is 17.7 Å². The molecule has 8 nitrogen and oxygen atoms in total. The monoisotopic (exact) mass is 461 g/mol. The van der Waals surface area contributed by atoms with Gasteiger partial charge in [-0.15, -0.1) is 0 Å². The Morgan fingerprint density at radius 3 is 2.52 bits per heavy atom. The quantitative estimate of drug-likeness (QED) is 0.330.